The summed E-state index contributed by atoms with van der Waals surface area (Å²) in [5, 5.41) is 6.16. The van der Waals surface area contributed by atoms with E-state index in [1.54, 1.807) is 0 Å². The van der Waals surface area contributed by atoms with Crippen molar-refractivity contribution in [2.45, 2.75) is 45.8 Å². The molecular weight excluding hydrogens is 192 g/mol. The van der Waals surface area contributed by atoms with Crippen LogP contribution in [0.2, 0.25) is 0 Å². The van der Waals surface area contributed by atoms with E-state index in [-0.39, 0.29) is 12.1 Å². The Bertz CT molecular complexity index is 217. The van der Waals surface area contributed by atoms with Gasteiger partial charge in [0.05, 0.1) is 0 Å². The Hall–Kier alpha value is -0.770. The molecule has 0 aromatic heterocycles. The molecule has 1 aliphatic rings. The Morgan fingerprint density at radius 1 is 1.53 bits per heavy atom. The van der Waals surface area contributed by atoms with Crippen molar-refractivity contribution in [3.8, 4) is 0 Å². The van der Waals surface area contributed by atoms with Crippen LogP contribution in [0.4, 0.5) is 4.79 Å². The molecule has 0 aromatic rings. The van der Waals surface area contributed by atoms with Crippen LogP contribution in [-0.2, 0) is 4.74 Å². The average Bonchev–Trinajstić information content (AvgIpc) is 2.50. The Labute approximate surface area is 91.8 Å². The SMILES string of the molecule is CC(NC(=O)OC(C)(C)C)C1CCNC1. The minimum Gasteiger partial charge on any atom is -0.444 e. The molecule has 0 saturated carbocycles. The lowest BCUT2D eigenvalue weighted by atomic mass is 10.0. The van der Waals surface area contributed by atoms with Gasteiger partial charge in [-0.15, -0.1) is 0 Å². The molecule has 1 rings (SSSR count). The van der Waals surface area contributed by atoms with Crippen molar-refractivity contribution in [1.82, 2.24) is 10.6 Å². The quantitative estimate of drug-likeness (QED) is 0.732. The molecule has 1 fully saturated rings. The number of hydrogen-bond donors (Lipinski definition) is 2. The van der Waals surface area contributed by atoms with Crippen LogP contribution in [0.25, 0.3) is 0 Å². The lowest BCUT2D eigenvalue weighted by Gasteiger charge is -2.24. The highest BCUT2D eigenvalue weighted by molar-refractivity contribution is 5.68. The van der Waals surface area contributed by atoms with E-state index in [0.29, 0.717) is 5.92 Å². The van der Waals surface area contributed by atoms with Gasteiger partial charge in [-0.3, -0.25) is 0 Å². The van der Waals surface area contributed by atoms with Gasteiger partial charge in [0, 0.05) is 6.04 Å². The number of amides is 1. The van der Waals surface area contributed by atoms with Crippen LogP contribution < -0.4 is 10.6 Å². The standard InChI is InChI=1S/C11H22N2O2/c1-8(9-5-6-12-7-9)13-10(14)15-11(2,3)4/h8-9,12H,5-7H2,1-4H3,(H,13,14). The minimum absolute atomic E-state index is 0.176. The Balaban J connectivity index is 2.30. The first kappa shape index (κ1) is 12.3. The third-order valence-corrected chi connectivity index (χ3v) is 2.55. The normalized spacial score (nSPS) is 23.6. The molecular formula is C11H22N2O2. The smallest absolute Gasteiger partial charge is 0.407 e. The fourth-order valence-electron chi connectivity index (χ4n) is 1.72. The van der Waals surface area contributed by atoms with Crippen LogP contribution in [0.1, 0.15) is 34.1 Å². The van der Waals surface area contributed by atoms with E-state index in [4.69, 9.17) is 4.74 Å². The third kappa shape index (κ3) is 4.51. The lowest BCUT2D eigenvalue weighted by molar-refractivity contribution is 0.0494. The average molecular weight is 214 g/mol. The highest BCUT2D eigenvalue weighted by Gasteiger charge is 2.24. The zero-order chi connectivity index (χ0) is 11.5. The zero-order valence-corrected chi connectivity index (χ0v) is 10.1. The number of carbonyl (C=O) groups excluding carboxylic acids is 1. The van der Waals surface area contributed by atoms with Crippen LogP contribution in [0.5, 0.6) is 0 Å². The summed E-state index contributed by atoms with van der Waals surface area (Å²) in [6.45, 7) is 9.67. The molecule has 4 heteroatoms. The van der Waals surface area contributed by atoms with E-state index in [2.05, 4.69) is 10.6 Å². The summed E-state index contributed by atoms with van der Waals surface area (Å²) in [6.07, 6.45) is 0.804. The first-order valence-corrected chi connectivity index (χ1v) is 5.59. The first-order chi connectivity index (χ1) is 6.88. The van der Waals surface area contributed by atoms with Crippen molar-refractivity contribution >= 4 is 6.09 Å². The second-order valence-corrected chi connectivity index (χ2v) is 5.19. The number of alkyl carbamates (subject to hydrolysis) is 1. The second-order valence-electron chi connectivity index (χ2n) is 5.19. The van der Waals surface area contributed by atoms with Gasteiger partial charge in [-0.25, -0.2) is 4.79 Å². The molecule has 1 aliphatic heterocycles. The van der Waals surface area contributed by atoms with E-state index >= 15 is 0 Å². The number of hydrogen-bond acceptors (Lipinski definition) is 3. The fraction of sp³-hybridized carbons (Fsp3) is 0.909. The molecule has 88 valence electrons. The number of nitrogens with one attached hydrogen (secondary N) is 2. The summed E-state index contributed by atoms with van der Waals surface area (Å²) < 4.78 is 5.20. The van der Waals surface area contributed by atoms with E-state index < -0.39 is 5.60 Å². The van der Waals surface area contributed by atoms with E-state index in [1.807, 2.05) is 27.7 Å². The molecule has 0 bridgehead atoms. The maximum Gasteiger partial charge on any atom is 0.407 e. The number of carbonyl (C=O) groups is 1. The Kier molecular flexibility index (Phi) is 3.97. The molecule has 1 saturated heterocycles. The summed E-state index contributed by atoms with van der Waals surface area (Å²) in [6, 6.07) is 0.176. The molecule has 0 aliphatic carbocycles. The van der Waals surface area contributed by atoms with Crippen LogP contribution in [0.15, 0.2) is 0 Å². The maximum atomic E-state index is 11.5. The maximum absolute atomic E-state index is 11.5. The molecule has 2 N–H and O–H groups in total. The topological polar surface area (TPSA) is 50.4 Å². The molecule has 0 spiro atoms. The van der Waals surface area contributed by atoms with Gasteiger partial charge < -0.3 is 15.4 Å². The molecule has 1 heterocycles. The van der Waals surface area contributed by atoms with Crippen molar-refractivity contribution < 1.29 is 9.53 Å². The molecule has 15 heavy (non-hydrogen) atoms. The molecule has 0 aromatic carbocycles. The van der Waals surface area contributed by atoms with Crippen LogP contribution in [0.3, 0.4) is 0 Å². The highest BCUT2D eigenvalue weighted by atomic mass is 16.6. The van der Waals surface area contributed by atoms with Crippen molar-refractivity contribution in [2.24, 2.45) is 5.92 Å². The van der Waals surface area contributed by atoms with Crippen molar-refractivity contribution in [3.63, 3.8) is 0 Å². The van der Waals surface area contributed by atoms with Crippen molar-refractivity contribution in [2.75, 3.05) is 13.1 Å². The summed E-state index contributed by atoms with van der Waals surface area (Å²) in [7, 11) is 0. The predicted molar refractivity (Wildman–Crippen MR) is 59.8 cm³/mol. The molecule has 2 atom stereocenters. The van der Waals surface area contributed by atoms with E-state index in [9.17, 15) is 4.79 Å². The van der Waals surface area contributed by atoms with Crippen LogP contribution >= 0.6 is 0 Å². The Morgan fingerprint density at radius 2 is 2.20 bits per heavy atom. The van der Waals surface area contributed by atoms with Crippen molar-refractivity contribution in [3.05, 3.63) is 0 Å². The van der Waals surface area contributed by atoms with Crippen LogP contribution in [-0.4, -0.2) is 30.8 Å². The van der Waals surface area contributed by atoms with E-state index in [1.165, 1.54) is 0 Å². The lowest BCUT2D eigenvalue weighted by Crippen LogP contribution is -2.41. The van der Waals surface area contributed by atoms with Crippen molar-refractivity contribution in [1.29, 1.82) is 0 Å². The summed E-state index contributed by atoms with van der Waals surface area (Å²) in [5.74, 6) is 0.525. The molecule has 0 radical (unpaired) electrons. The first-order valence-electron chi connectivity index (χ1n) is 5.59. The fourth-order valence-corrected chi connectivity index (χ4v) is 1.72. The van der Waals surface area contributed by atoms with Gasteiger partial charge in [0.1, 0.15) is 5.60 Å². The van der Waals surface area contributed by atoms with Gasteiger partial charge in [-0.2, -0.15) is 0 Å². The second kappa shape index (κ2) is 4.84. The highest BCUT2D eigenvalue weighted by Crippen LogP contribution is 2.13. The van der Waals surface area contributed by atoms with Gasteiger partial charge in [0.15, 0.2) is 0 Å². The zero-order valence-electron chi connectivity index (χ0n) is 10.1. The largest absolute Gasteiger partial charge is 0.444 e. The summed E-state index contributed by atoms with van der Waals surface area (Å²) >= 11 is 0. The predicted octanol–water partition coefficient (Wildman–Crippen LogP) is 1.51. The summed E-state index contributed by atoms with van der Waals surface area (Å²) in [4.78, 5) is 11.5. The van der Waals surface area contributed by atoms with E-state index in [0.717, 1.165) is 19.5 Å². The number of ether oxygens (including phenoxy) is 1. The van der Waals surface area contributed by atoms with Crippen LogP contribution in [0, 0.1) is 5.92 Å². The third-order valence-electron chi connectivity index (χ3n) is 2.55. The Morgan fingerprint density at radius 3 is 2.67 bits per heavy atom. The number of rotatable bonds is 2. The van der Waals surface area contributed by atoms with Gasteiger partial charge in [0.25, 0.3) is 0 Å². The summed E-state index contributed by atoms with van der Waals surface area (Å²) in [5.41, 5.74) is -0.419. The molecule has 2 unspecified atom stereocenters. The van der Waals surface area contributed by atoms with Gasteiger partial charge in [0.2, 0.25) is 0 Å². The van der Waals surface area contributed by atoms with Gasteiger partial charge >= 0.3 is 6.09 Å². The molecule has 1 amide bonds. The van der Waals surface area contributed by atoms with Gasteiger partial charge in [-0.1, -0.05) is 0 Å². The van der Waals surface area contributed by atoms with Gasteiger partial charge in [-0.05, 0) is 53.1 Å². The monoisotopic (exact) mass is 214 g/mol. The minimum atomic E-state index is -0.419. The molecule has 4 nitrogen and oxygen atoms in total.